The van der Waals surface area contributed by atoms with Crippen LogP contribution in [-0.2, 0) is 0 Å². The van der Waals surface area contributed by atoms with Gasteiger partial charge in [0.15, 0.2) is 0 Å². The molecule has 4 atom stereocenters. The molecule has 2 bridgehead atoms. The quantitative estimate of drug-likeness (QED) is 0.683. The predicted octanol–water partition coefficient (Wildman–Crippen LogP) is 3.62. The van der Waals surface area contributed by atoms with E-state index in [0.717, 1.165) is 29.4 Å². The lowest BCUT2D eigenvalue weighted by Gasteiger charge is -2.25. The zero-order valence-corrected chi connectivity index (χ0v) is 9.89. The molecule has 1 nitrogen and oxygen atoms in total. The zero-order chi connectivity index (χ0) is 11.1. The van der Waals surface area contributed by atoms with Crippen molar-refractivity contribution in [2.75, 3.05) is 7.11 Å². The average Bonchev–Trinajstić information content (AvgIpc) is 2.90. The van der Waals surface area contributed by atoms with Crippen LogP contribution >= 0.6 is 0 Å². The van der Waals surface area contributed by atoms with Gasteiger partial charge < -0.3 is 4.74 Å². The van der Waals surface area contributed by atoms with Crippen molar-refractivity contribution in [1.82, 2.24) is 0 Å². The van der Waals surface area contributed by atoms with Crippen LogP contribution in [0.25, 0.3) is 0 Å². The van der Waals surface area contributed by atoms with Gasteiger partial charge in [0, 0.05) is 0 Å². The summed E-state index contributed by atoms with van der Waals surface area (Å²) < 4.78 is 5.21. The SMILES string of the molecule is COc1ccc(C2C3C=CC(C3)C2C)cc1. The Morgan fingerprint density at radius 3 is 2.31 bits per heavy atom. The van der Waals surface area contributed by atoms with E-state index in [0.29, 0.717) is 0 Å². The Morgan fingerprint density at radius 1 is 1.06 bits per heavy atom. The average molecular weight is 214 g/mol. The summed E-state index contributed by atoms with van der Waals surface area (Å²) in [5.41, 5.74) is 1.48. The van der Waals surface area contributed by atoms with E-state index in [4.69, 9.17) is 4.74 Å². The van der Waals surface area contributed by atoms with Crippen molar-refractivity contribution in [3.63, 3.8) is 0 Å². The molecule has 0 amide bonds. The van der Waals surface area contributed by atoms with Crippen LogP contribution in [0.4, 0.5) is 0 Å². The molecule has 2 aliphatic carbocycles. The number of rotatable bonds is 2. The molecule has 16 heavy (non-hydrogen) atoms. The fraction of sp³-hybridized carbons (Fsp3) is 0.467. The number of fused-ring (bicyclic) bond motifs is 2. The topological polar surface area (TPSA) is 9.23 Å². The molecule has 0 saturated heterocycles. The molecular formula is C15H18O. The number of hydrogen-bond donors (Lipinski definition) is 0. The molecule has 2 aliphatic rings. The molecule has 84 valence electrons. The Kier molecular flexibility index (Phi) is 2.27. The van der Waals surface area contributed by atoms with Crippen LogP contribution in [0.3, 0.4) is 0 Å². The minimum absolute atomic E-state index is 0.723. The lowest BCUT2D eigenvalue weighted by molar-refractivity contribution is 0.411. The van der Waals surface area contributed by atoms with Crippen LogP contribution in [0, 0.1) is 17.8 Å². The van der Waals surface area contributed by atoms with Gasteiger partial charge in [-0.25, -0.2) is 0 Å². The number of ether oxygens (including phenoxy) is 1. The maximum Gasteiger partial charge on any atom is 0.118 e. The van der Waals surface area contributed by atoms with Gasteiger partial charge in [0.05, 0.1) is 7.11 Å². The highest BCUT2D eigenvalue weighted by Gasteiger charge is 2.42. The van der Waals surface area contributed by atoms with Crippen molar-refractivity contribution in [2.45, 2.75) is 19.3 Å². The molecule has 0 radical (unpaired) electrons. The van der Waals surface area contributed by atoms with Crippen LogP contribution in [-0.4, -0.2) is 7.11 Å². The Balaban J connectivity index is 1.89. The van der Waals surface area contributed by atoms with Gasteiger partial charge in [0.25, 0.3) is 0 Å². The summed E-state index contributed by atoms with van der Waals surface area (Å²) in [7, 11) is 1.72. The second-order valence-electron chi connectivity index (χ2n) is 5.11. The Bertz CT molecular complexity index is 404. The molecule has 0 spiro atoms. The van der Waals surface area contributed by atoms with Crippen molar-refractivity contribution in [1.29, 1.82) is 0 Å². The van der Waals surface area contributed by atoms with E-state index in [2.05, 4.69) is 43.3 Å². The summed E-state index contributed by atoms with van der Waals surface area (Å²) in [6.45, 7) is 2.39. The van der Waals surface area contributed by atoms with E-state index in [-0.39, 0.29) is 0 Å². The van der Waals surface area contributed by atoms with Gasteiger partial charge in [-0.2, -0.15) is 0 Å². The third-order valence-electron chi connectivity index (χ3n) is 4.35. The maximum atomic E-state index is 5.21. The third-order valence-corrected chi connectivity index (χ3v) is 4.35. The third kappa shape index (κ3) is 1.38. The standard InChI is InChI=1S/C15H18O/c1-10-12-3-4-13(9-12)15(10)11-5-7-14(16-2)8-6-11/h3-8,10,12-13,15H,9H2,1-2H3. The highest BCUT2D eigenvalue weighted by molar-refractivity contribution is 5.33. The van der Waals surface area contributed by atoms with E-state index < -0.39 is 0 Å². The lowest BCUT2D eigenvalue weighted by atomic mass is 9.80. The molecule has 3 rings (SSSR count). The molecule has 0 aromatic heterocycles. The highest BCUT2D eigenvalue weighted by atomic mass is 16.5. The van der Waals surface area contributed by atoms with Gasteiger partial charge in [-0.1, -0.05) is 31.2 Å². The second kappa shape index (κ2) is 3.65. The predicted molar refractivity (Wildman–Crippen MR) is 65.6 cm³/mol. The molecule has 0 heterocycles. The highest BCUT2D eigenvalue weighted by Crippen LogP contribution is 2.52. The first kappa shape index (κ1) is 9.95. The molecular weight excluding hydrogens is 196 g/mol. The summed E-state index contributed by atoms with van der Waals surface area (Å²) >= 11 is 0. The van der Waals surface area contributed by atoms with Crippen molar-refractivity contribution >= 4 is 0 Å². The van der Waals surface area contributed by atoms with E-state index in [9.17, 15) is 0 Å². The van der Waals surface area contributed by atoms with Crippen LogP contribution in [0.2, 0.25) is 0 Å². The monoisotopic (exact) mass is 214 g/mol. The smallest absolute Gasteiger partial charge is 0.118 e. The zero-order valence-electron chi connectivity index (χ0n) is 9.89. The first-order valence-corrected chi connectivity index (χ1v) is 6.12. The normalized spacial score (nSPS) is 35.6. The number of hydrogen-bond acceptors (Lipinski definition) is 1. The van der Waals surface area contributed by atoms with E-state index in [1.165, 1.54) is 12.0 Å². The van der Waals surface area contributed by atoms with Gasteiger partial charge in [-0.3, -0.25) is 0 Å². The molecule has 1 heteroatoms. The maximum absolute atomic E-state index is 5.21. The molecule has 4 unspecified atom stereocenters. The Hall–Kier alpha value is -1.24. The summed E-state index contributed by atoms with van der Waals surface area (Å²) in [6.07, 6.45) is 6.19. The van der Waals surface area contributed by atoms with E-state index >= 15 is 0 Å². The van der Waals surface area contributed by atoms with E-state index in [1.54, 1.807) is 7.11 Å². The van der Waals surface area contributed by atoms with Gasteiger partial charge in [0.1, 0.15) is 5.75 Å². The molecule has 1 aromatic carbocycles. The Labute approximate surface area is 97.1 Å². The minimum Gasteiger partial charge on any atom is -0.497 e. The summed E-state index contributed by atoms with van der Waals surface area (Å²) in [5, 5.41) is 0. The van der Waals surface area contributed by atoms with Gasteiger partial charge >= 0.3 is 0 Å². The van der Waals surface area contributed by atoms with Crippen LogP contribution < -0.4 is 4.74 Å². The summed E-state index contributed by atoms with van der Waals surface area (Å²) in [4.78, 5) is 0. The molecule has 0 N–H and O–H groups in total. The fourth-order valence-corrected chi connectivity index (χ4v) is 3.45. The second-order valence-corrected chi connectivity index (χ2v) is 5.11. The lowest BCUT2D eigenvalue weighted by Crippen LogP contribution is -2.14. The molecule has 0 aliphatic heterocycles. The number of benzene rings is 1. The first-order valence-electron chi connectivity index (χ1n) is 6.12. The number of allylic oxidation sites excluding steroid dienone is 2. The van der Waals surface area contributed by atoms with Gasteiger partial charge in [-0.05, 0) is 47.8 Å². The number of methoxy groups -OCH3 is 1. The fourth-order valence-electron chi connectivity index (χ4n) is 3.45. The van der Waals surface area contributed by atoms with Gasteiger partial charge in [-0.15, -0.1) is 0 Å². The molecule has 1 aromatic rings. The molecule has 1 fully saturated rings. The Morgan fingerprint density at radius 2 is 1.75 bits per heavy atom. The van der Waals surface area contributed by atoms with Crippen LogP contribution in [0.15, 0.2) is 36.4 Å². The van der Waals surface area contributed by atoms with E-state index in [1.807, 2.05) is 0 Å². The van der Waals surface area contributed by atoms with Crippen molar-refractivity contribution < 1.29 is 4.74 Å². The summed E-state index contributed by atoms with van der Waals surface area (Å²) in [5.74, 6) is 4.06. The largest absolute Gasteiger partial charge is 0.497 e. The van der Waals surface area contributed by atoms with Crippen molar-refractivity contribution in [3.8, 4) is 5.75 Å². The van der Waals surface area contributed by atoms with Crippen LogP contribution in [0.5, 0.6) is 5.75 Å². The minimum atomic E-state index is 0.723. The first-order chi connectivity index (χ1) is 7.79. The van der Waals surface area contributed by atoms with Crippen molar-refractivity contribution in [3.05, 3.63) is 42.0 Å². The van der Waals surface area contributed by atoms with Crippen molar-refractivity contribution in [2.24, 2.45) is 17.8 Å². The molecule has 1 saturated carbocycles. The summed E-state index contributed by atoms with van der Waals surface area (Å²) in [6, 6.07) is 8.62. The van der Waals surface area contributed by atoms with Crippen LogP contribution in [0.1, 0.15) is 24.8 Å². The van der Waals surface area contributed by atoms with Gasteiger partial charge in [0.2, 0.25) is 0 Å².